The van der Waals surface area contributed by atoms with Crippen molar-refractivity contribution in [2.45, 2.75) is 436 Å². The average molecular weight is 1330 g/mol. The monoisotopic (exact) mass is 1320 g/mol. The van der Waals surface area contributed by atoms with Crippen molar-refractivity contribution in [1.82, 2.24) is 5.32 Å². The van der Waals surface area contributed by atoms with E-state index >= 15 is 0 Å². The number of unbranched alkanes of at least 4 members (excludes halogenated alkanes) is 50. The minimum Gasteiger partial charge on any atom is -0.466 e. The van der Waals surface area contributed by atoms with E-state index in [1.54, 1.807) is 6.08 Å². The van der Waals surface area contributed by atoms with Crippen LogP contribution in [0.5, 0.6) is 0 Å². The molecule has 1 saturated heterocycles. The Hall–Kier alpha value is -2.64. The van der Waals surface area contributed by atoms with Crippen LogP contribution < -0.4 is 5.32 Å². The SMILES string of the molecule is CCCCCCC/C=C\CCCCCCCC(=O)OCCCCCCCCCCCCCCCCC/C=C\C/C=C\CCCCCCCCCCCCCCCCCCCC(=O)NC(COC1OC(CO)C(O)C(O)C1O)C(O)/C=C/CC/C=C/CCCCCCCCC. The Bertz CT molecular complexity index is 1750. The fourth-order valence-corrected chi connectivity index (χ4v) is 12.7. The molecule has 0 aliphatic carbocycles. The molecule has 1 aliphatic rings. The van der Waals surface area contributed by atoms with Crippen LogP contribution in [0, 0.1) is 0 Å². The normalized spacial score (nSPS) is 17.7. The van der Waals surface area contributed by atoms with Crippen LogP contribution in [0.3, 0.4) is 0 Å². The van der Waals surface area contributed by atoms with Crippen molar-refractivity contribution in [3.8, 4) is 0 Å². The minimum absolute atomic E-state index is 0.00607. The third-order valence-corrected chi connectivity index (χ3v) is 19.1. The molecule has 550 valence electrons. The van der Waals surface area contributed by atoms with Crippen LogP contribution in [0.4, 0.5) is 0 Å². The van der Waals surface area contributed by atoms with Crippen LogP contribution in [0.15, 0.2) is 60.8 Å². The molecule has 1 heterocycles. The zero-order chi connectivity index (χ0) is 67.9. The number of aliphatic hydroxyl groups excluding tert-OH is 5. The lowest BCUT2D eigenvalue weighted by atomic mass is 9.99. The Labute approximate surface area is 579 Å². The van der Waals surface area contributed by atoms with Gasteiger partial charge in [0.1, 0.15) is 24.4 Å². The van der Waals surface area contributed by atoms with E-state index in [1.165, 1.54) is 302 Å². The van der Waals surface area contributed by atoms with Gasteiger partial charge in [0, 0.05) is 12.8 Å². The van der Waals surface area contributed by atoms with Crippen molar-refractivity contribution in [3.05, 3.63) is 60.8 Å². The zero-order valence-corrected chi connectivity index (χ0v) is 61.4. The predicted molar refractivity (Wildman–Crippen MR) is 398 cm³/mol. The van der Waals surface area contributed by atoms with Gasteiger partial charge in [-0.1, -0.05) is 338 Å². The number of aliphatic hydroxyl groups is 5. The van der Waals surface area contributed by atoms with Crippen LogP contribution in [0.25, 0.3) is 0 Å². The molecule has 0 spiro atoms. The molecule has 0 aromatic rings. The standard InChI is InChI=1S/C83H153NO10/c1-3-5-7-9-11-13-15-17-47-51-55-59-63-67-71-79(88)92-72-68-64-60-56-52-48-44-42-40-38-36-34-32-30-28-26-24-22-20-18-19-21-23-25-27-29-31-33-35-37-39-41-43-46-50-54-58-62-66-70-78(87)84-75(74-93-83-82(91)81(90)80(89)77(73-85)94-83)76(86)69-65-61-57-53-49-45-16-14-12-10-8-6-4-2/h15,17-19,22,24,49,53,65,69,75-77,80-83,85-86,89-91H,3-14,16,20-21,23,25-48,50-52,54-64,66-68,70-74H2,1-2H3,(H,84,87)/b17-15-,19-18-,24-22-,53-49+,69-65+. The highest BCUT2D eigenvalue weighted by Crippen LogP contribution is 2.24. The van der Waals surface area contributed by atoms with E-state index < -0.39 is 49.5 Å². The summed E-state index contributed by atoms with van der Waals surface area (Å²) in [6.07, 6.45) is 86.9. The Balaban J connectivity index is 1.91. The summed E-state index contributed by atoms with van der Waals surface area (Å²) in [5, 5.41) is 54.5. The van der Waals surface area contributed by atoms with Crippen LogP contribution in [0.1, 0.15) is 393 Å². The van der Waals surface area contributed by atoms with Gasteiger partial charge in [-0.25, -0.2) is 0 Å². The molecule has 7 unspecified atom stereocenters. The van der Waals surface area contributed by atoms with Gasteiger partial charge in [0.25, 0.3) is 0 Å². The summed E-state index contributed by atoms with van der Waals surface area (Å²) in [7, 11) is 0. The van der Waals surface area contributed by atoms with Gasteiger partial charge in [-0.15, -0.1) is 0 Å². The smallest absolute Gasteiger partial charge is 0.305 e. The molecule has 0 aromatic heterocycles. The molecule has 1 rings (SSSR count). The molecule has 11 nitrogen and oxygen atoms in total. The van der Waals surface area contributed by atoms with Crippen molar-refractivity contribution in [3.63, 3.8) is 0 Å². The van der Waals surface area contributed by atoms with Gasteiger partial charge in [0.2, 0.25) is 5.91 Å². The summed E-state index contributed by atoms with van der Waals surface area (Å²) < 4.78 is 16.8. The van der Waals surface area contributed by atoms with E-state index in [0.717, 1.165) is 64.2 Å². The van der Waals surface area contributed by atoms with Gasteiger partial charge in [-0.3, -0.25) is 9.59 Å². The van der Waals surface area contributed by atoms with Crippen molar-refractivity contribution in [1.29, 1.82) is 0 Å². The molecule has 11 heteroatoms. The van der Waals surface area contributed by atoms with Gasteiger partial charge < -0.3 is 45.1 Å². The summed E-state index contributed by atoms with van der Waals surface area (Å²) in [6, 6.07) is -0.826. The Morgan fingerprint density at radius 2 is 0.723 bits per heavy atom. The molecule has 0 radical (unpaired) electrons. The van der Waals surface area contributed by atoms with Gasteiger partial charge in [-0.2, -0.15) is 0 Å². The number of hydrogen-bond donors (Lipinski definition) is 6. The Morgan fingerprint density at radius 3 is 1.12 bits per heavy atom. The molecular formula is C83H153NO10. The predicted octanol–water partition coefficient (Wildman–Crippen LogP) is 22.0. The highest BCUT2D eigenvalue weighted by atomic mass is 16.7. The summed E-state index contributed by atoms with van der Waals surface area (Å²) in [6.45, 7) is 4.35. The summed E-state index contributed by atoms with van der Waals surface area (Å²) in [5.41, 5.74) is 0. The second-order valence-electron chi connectivity index (χ2n) is 28.1. The lowest BCUT2D eigenvalue weighted by Gasteiger charge is -2.40. The Kier molecular flexibility index (Phi) is 68.1. The first kappa shape index (κ1) is 89.4. The lowest BCUT2D eigenvalue weighted by molar-refractivity contribution is -0.302. The number of ether oxygens (including phenoxy) is 3. The fourth-order valence-electron chi connectivity index (χ4n) is 12.7. The fraction of sp³-hybridized carbons (Fsp3) is 0.855. The lowest BCUT2D eigenvalue weighted by Crippen LogP contribution is -2.60. The zero-order valence-electron chi connectivity index (χ0n) is 61.4. The first-order valence-corrected chi connectivity index (χ1v) is 40.6. The van der Waals surface area contributed by atoms with E-state index in [-0.39, 0.29) is 18.5 Å². The highest BCUT2D eigenvalue weighted by molar-refractivity contribution is 5.76. The molecule has 94 heavy (non-hydrogen) atoms. The first-order chi connectivity index (χ1) is 46.2. The van der Waals surface area contributed by atoms with Crippen LogP contribution in [0.2, 0.25) is 0 Å². The number of hydrogen-bond acceptors (Lipinski definition) is 10. The molecular weight excluding hydrogens is 1170 g/mol. The van der Waals surface area contributed by atoms with E-state index in [1.807, 2.05) is 6.08 Å². The molecule has 0 bridgehead atoms. The number of amides is 1. The van der Waals surface area contributed by atoms with Crippen molar-refractivity contribution in [2.75, 3.05) is 19.8 Å². The summed E-state index contributed by atoms with van der Waals surface area (Å²) in [5.74, 6) is -0.181. The van der Waals surface area contributed by atoms with Gasteiger partial charge in [-0.05, 0) is 103 Å². The van der Waals surface area contributed by atoms with Crippen LogP contribution in [-0.4, -0.2) is 100 Å². The maximum atomic E-state index is 13.1. The number of carbonyl (C=O) groups is 2. The number of nitrogens with one attached hydrogen (secondary N) is 1. The maximum absolute atomic E-state index is 13.1. The van der Waals surface area contributed by atoms with Crippen molar-refractivity contribution < 1.29 is 49.3 Å². The minimum atomic E-state index is -1.58. The number of allylic oxidation sites excluding steroid dienone is 9. The van der Waals surface area contributed by atoms with Crippen LogP contribution in [-0.2, 0) is 23.8 Å². The van der Waals surface area contributed by atoms with Crippen molar-refractivity contribution >= 4 is 11.9 Å². The first-order valence-electron chi connectivity index (χ1n) is 40.6. The highest BCUT2D eigenvalue weighted by Gasteiger charge is 2.44. The number of esters is 1. The maximum Gasteiger partial charge on any atom is 0.305 e. The molecule has 1 fully saturated rings. The van der Waals surface area contributed by atoms with Crippen molar-refractivity contribution in [2.24, 2.45) is 0 Å². The topological polar surface area (TPSA) is 175 Å². The van der Waals surface area contributed by atoms with E-state index in [4.69, 9.17) is 14.2 Å². The van der Waals surface area contributed by atoms with Crippen LogP contribution >= 0.6 is 0 Å². The largest absolute Gasteiger partial charge is 0.466 e. The Morgan fingerprint density at radius 1 is 0.394 bits per heavy atom. The third kappa shape index (κ3) is 59.4. The number of rotatable bonds is 72. The molecule has 1 amide bonds. The quantitative estimate of drug-likeness (QED) is 0.0195. The summed E-state index contributed by atoms with van der Waals surface area (Å²) >= 11 is 0. The van der Waals surface area contributed by atoms with Gasteiger partial charge in [0.05, 0.1) is 32.0 Å². The molecule has 1 aliphatic heterocycles. The summed E-state index contributed by atoms with van der Waals surface area (Å²) in [4.78, 5) is 25.2. The molecule has 6 N–H and O–H groups in total. The second-order valence-corrected chi connectivity index (χ2v) is 28.1. The third-order valence-electron chi connectivity index (χ3n) is 19.1. The second kappa shape index (κ2) is 71.6. The number of carbonyl (C=O) groups excluding carboxylic acids is 2. The van der Waals surface area contributed by atoms with E-state index in [9.17, 15) is 35.1 Å². The molecule has 7 atom stereocenters. The van der Waals surface area contributed by atoms with E-state index in [2.05, 4.69) is 67.8 Å². The van der Waals surface area contributed by atoms with E-state index in [0.29, 0.717) is 19.4 Å². The molecule has 0 aromatic carbocycles. The van der Waals surface area contributed by atoms with Gasteiger partial charge >= 0.3 is 5.97 Å². The average Bonchev–Trinajstić information content (AvgIpc) is 0.901. The molecule has 0 saturated carbocycles. The van der Waals surface area contributed by atoms with Gasteiger partial charge in [0.15, 0.2) is 6.29 Å².